The maximum atomic E-state index is 5.41. The van der Waals surface area contributed by atoms with E-state index in [9.17, 15) is 0 Å². The van der Waals surface area contributed by atoms with Crippen LogP contribution in [0.3, 0.4) is 0 Å². The molecule has 94 valence electrons. The molecule has 2 aromatic rings. The highest BCUT2D eigenvalue weighted by atomic mass is 16.5. The van der Waals surface area contributed by atoms with Crippen LogP contribution in [0.2, 0.25) is 0 Å². The molecule has 1 aromatic heterocycles. The Labute approximate surface area is 107 Å². The van der Waals surface area contributed by atoms with E-state index in [0.717, 1.165) is 11.4 Å². The van der Waals surface area contributed by atoms with E-state index in [1.165, 1.54) is 0 Å². The Balaban J connectivity index is 2.23. The zero-order valence-corrected chi connectivity index (χ0v) is 10.8. The average Bonchev–Trinajstić information content (AvgIpc) is 2.40. The Bertz CT molecular complexity index is 511. The fourth-order valence-electron chi connectivity index (χ4n) is 1.51. The molecule has 0 aliphatic heterocycles. The van der Waals surface area contributed by atoms with Crippen molar-refractivity contribution in [2.24, 2.45) is 0 Å². The van der Waals surface area contributed by atoms with E-state index < -0.39 is 5.60 Å². The van der Waals surface area contributed by atoms with Crippen molar-refractivity contribution in [3.63, 3.8) is 0 Å². The SMILES string of the molecule is COC(C)(C)c1ccnc(Nc2ccccc2)n1. The lowest BCUT2D eigenvalue weighted by molar-refractivity contribution is 0.0155. The smallest absolute Gasteiger partial charge is 0.227 e. The number of methoxy groups -OCH3 is 1. The number of aromatic nitrogens is 2. The van der Waals surface area contributed by atoms with Crippen molar-refractivity contribution in [2.75, 3.05) is 12.4 Å². The van der Waals surface area contributed by atoms with E-state index in [2.05, 4.69) is 15.3 Å². The molecule has 1 heterocycles. The normalized spacial score (nSPS) is 11.3. The van der Waals surface area contributed by atoms with Crippen LogP contribution in [-0.4, -0.2) is 17.1 Å². The summed E-state index contributed by atoms with van der Waals surface area (Å²) in [4.78, 5) is 8.67. The van der Waals surface area contributed by atoms with Gasteiger partial charge in [-0.05, 0) is 32.0 Å². The van der Waals surface area contributed by atoms with Crippen LogP contribution in [0.25, 0.3) is 0 Å². The number of benzene rings is 1. The van der Waals surface area contributed by atoms with Crippen molar-refractivity contribution in [3.05, 3.63) is 48.3 Å². The van der Waals surface area contributed by atoms with Crippen molar-refractivity contribution in [3.8, 4) is 0 Å². The molecule has 0 radical (unpaired) electrons. The second-order valence-corrected chi connectivity index (χ2v) is 4.47. The van der Waals surface area contributed by atoms with Crippen LogP contribution in [0.4, 0.5) is 11.6 Å². The summed E-state index contributed by atoms with van der Waals surface area (Å²) >= 11 is 0. The first-order valence-corrected chi connectivity index (χ1v) is 5.82. The Morgan fingerprint density at radius 3 is 2.50 bits per heavy atom. The molecule has 1 N–H and O–H groups in total. The van der Waals surface area contributed by atoms with E-state index in [1.807, 2.05) is 50.2 Å². The summed E-state index contributed by atoms with van der Waals surface area (Å²) in [5, 5.41) is 3.16. The molecule has 0 fully saturated rings. The van der Waals surface area contributed by atoms with E-state index >= 15 is 0 Å². The Hall–Kier alpha value is -1.94. The number of hydrogen-bond donors (Lipinski definition) is 1. The average molecular weight is 243 g/mol. The highest BCUT2D eigenvalue weighted by Gasteiger charge is 2.21. The summed E-state index contributed by atoms with van der Waals surface area (Å²) in [6.07, 6.45) is 1.73. The Morgan fingerprint density at radius 1 is 1.11 bits per heavy atom. The molecular weight excluding hydrogens is 226 g/mol. The van der Waals surface area contributed by atoms with Crippen molar-refractivity contribution in [1.82, 2.24) is 9.97 Å². The number of ether oxygens (including phenoxy) is 1. The van der Waals surface area contributed by atoms with Gasteiger partial charge in [-0.25, -0.2) is 9.97 Å². The van der Waals surface area contributed by atoms with Gasteiger partial charge in [0.05, 0.1) is 5.69 Å². The minimum Gasteiger partial charge on any atom is -0.373 e. The topological polar surface area (TPSA) is 47.0 Å². The van der Waals surface area contributed by atoms with E-state index in [0.29, 0.717) is 5.95 Å². The predicted octanol–water partition coefficient (Wildman–Crippen LogP) is 3.10. The minimum absolute atomic E-state index is 0.421. The molecule has 0 unspecified atom stereocenters. The first-order chi connectivity index (χ1) is 8.62. The lowest BCUT2D eigenvalue weighted by Gasteiger charge is -2.22. The van der Waals surface area contributed by atoms with E-state index in [4.69, 9.17) is 4.74 Å². The van der Waals surface area contributed by atoms with Crippen LogP contribution in [-0.2, 0) is 10.3 Å². The molecule has 0 aliphatic carbocycles. The molecule has 18 heavy (non-hydrogen) atoms. The lowest BCUT2D eigenvalue weighted by Crippen LogP contribution is -2.21. The molecule has 0 saturated heterocycles. The zero-order chi connectivity index (χ0) is 13.0. The number of anilines is 2. The highest BCUT2D eigenvalue weighted by molar-refractivity contribution is 5.52. The third kappa shape index (κ3) is 2.84. The van der Waals surface area contributed by atoms with Crippen LogP contribution in [0.5, 0.6) is 0 Å². The summed E-state index contributed by atoms with van der Waals surface area (Å²) < 4.78 is 5.41. The highest BCUT2D eigenvalue weighted by Crippen LogP contribution is 2.22. The molecule has 0 amide bonds. The molecule has 0 spiro atoms. The molecule has 1 aromatic carbocycles. The second-order valence-electron chi connectivity index (χ2n) is 4.47. The fourth-order valence-corrected chi connectivity index (χ4v) is 1.51. The molecule has 0 aliphatic rings. The van der Waals surface area contributed by atoms with Gasteiger partial charge in [-0.2, -0.15) is 0 Å². The van der Waals surface area contributed by atoms with Gasteiger partial charge in [0, 0.05) is 19.0 Å². The number of hydrogen-bond acceptors (Lipinski definition) is 4. The molecular formula is C14H17N3O. The van der Waals surface area contributed by atoms with Gasteiger partial charge in [-0.3, -0.25) is 0 Å². The maximum Gasteiger partial charge on any atom is 0.227 e. The van der Waals surface area contributed by atoms with Crippen molar-refractivity contribution >= 4 is 11.6 Å². The van der Waals surface area contributed by atoms with Crippen LogP contribution in [0, 0.1) is 0 Å². The fraction of sp³-hybridized carbons (Fsp3) is 0.286. The van der Waals surface area contributed by atoms with Gasteiger partial charge in [-0.15, -0.1) is 0 Å². The summed E-state index contributed by atoms with van der Waals surface area (Å²) in [5.74, 6) is 0.573. The zero-order valence-electron chi connectivity index (χ0n) is 10.8. The lowest BCUT2D eigenvalue weighted by atomic mass is 10.1. The quantitative estimate of drug-likeness (QED) is 0.896. The molecule has 0 atom stereocenters. The molecule has 2 rings (SSSR count). The number of para-hydroxylation sites is 1. The van der Waals surface area contributed by atoms with E-state index in [1.54, 1.807) is 13.3 Å². The number of nitrogens with one attached hydrogen (secondary N) is 1. The van der Waals surface area contributed by atoms with Crippen molar-refractivity contribution in [1.29, 1.82) is 0 Å². The predicted molar refractivity (Wildman–Crippen MR) is 71.8 cm³/mol. The van der Waals surface area contributed by atoms with E-state index in [-0.39, 0.29) is 0 Å². The number of rotatable bonds is 4. The molecule has 4 heteroatoms. The van der Waals surface area contributed by atoms with Crippen LogP contribution < -0.4 is 5.32 Å². The monoisotopic (exact) mass is 243 g/mol. The van der Waals surface area contributed by atoms with Crippen LogP contribution in [0.15, 0.2) is 42.6 Å². The molecule has 0 saturated carbocycles. The van der Waals surface area contributed by atoms with Crippen LogP contribution >= 0.6 is 0 Å². The van der Waals surface area contributed by atoms with Gasteiger partial charge in [0.2, 0.25) is 5.95 Å². The maximum absolute atomic E-state index is 5.41. The summed E-state index contributed by atoms with van der Waals surface area (Å²) in [6, 6.07) is 11.7. The first kappa shape index (κ1) is 12.5. The Morgan fingerprint density at radius 2 is 1.83 bits per heavy atom. The Kier molecular flexibility index (Phi) is 3.58. The van der Waals surface area contributed by atoms with Gasteiger partial charge in [-0.1, -0.05) is 18.2 Å². The molecule has 0 bridgehead atoms. The molecule has 4 nitrogen and oxygen atoms in total. The third-order valence-corrected chi connectivity index (χ3v) is 2.81. The van der Waals surface area contributed by atoms with Crippen molar-refractivity contribution < 1.29 is 4.74 Å². The van der Waals surface area contributed by atoms with Gasteiger partial charge >= 0.3 is 0 Å². The van der Waals surface area contributed by atoms with Crippen molar-refractivity contribution in [2.45, 2.75) is 19.4 Å². The second kappa shape index (κ2) is 5.14. The summed E-state index contributed by atoms with van der Waals surface area (Å²) in [6.45, 7) is 3.95. The van der Waals surface area contributed by atoms with Crippen LogP contribution in [0.1, 0.15) is 19.5 Å². The van der Waals surface area contributed by atoms with Gasteiger partial charge in [0.1, 0.15) is 5.60 Å². The largest absolute Gasteiger partial charge is 0.373 e. The first-order valence-electron chi connectivity index (χ1n) is 5.82. The van der Waals surface area contributed by atoms with Gasteiger partial charge in [0.15, 0.2) is 0 Å². The van der Waals surface area contributed by atoms with Gasteiger partial charge in [0.25, 0.3) is 0 Å². The minimum atomic E-state index is -0.421. The summed E-state index contributed by atoms with van der Waals surface area (Å²) in [5.41, 5.74) is 1.39. The third-order valence-electron chi connectivity index (χ3n) is 2.81. The standard InChI is InChI=1S/C14H17N3O/c1-14(2,18-3)12-9-10-15-13(17-12)16-11-7-5-4-6-8-11/h4-10H,1-3H3,(H,15,16,17). The summed E-state index contributed by atoms with van der Waals surface area (Å²) in [7, 11) is 1.67. The van der Waals surface area contributed by atoms with Gasteiger partial charge < -0.3 is 10.1 Å². The number of nitrogens with zero attached hydrogens (tertiary/aromatic N) is 2.